The number of hydrogen-bond donors (Lipinski definition) is 2. The van der Waals surface area contributed by atoms with Crippen molar-refractivity contribution in [1.82, 2.24) is 0 Å². The average Bonchev–Trinajstić information content (AvgIpc) is 2.37. The highest BCUT2D eigenvalue weighted by atomic mass is 32.2. The Hall–Kier alpha value is 0.270. The maximum Gasteiger partial charge on any atom is 0.0807 e. The van der Waals surface area contributed by atoms with Crippen LogP contribution in [0.3, 0.4) is 0 Å². The molecule has 1 fully saturated rings. The van der Waals surface area contributed by atoms with E-state index in [1.807, 2.05) is 11.8 Å². The van der Waals surface area contributed by atoms with E-state index in [4.69, 9.17) is 10.2 Å². The molecule has 9 heavy (non-hydrogen) atoms. The van der Waals surface area contributed by atoms with Crippen LogP contribution in [0.15, 0.2) is 0 Å². The lowest BCUT2D eigenvalue weighted by molar-refractivity contribution is 0.0560. The molecule has 1 heterocycles. The Morgan fingerprint density at radius 2 is 2.44 bits per heavy atom. The molecule has 1 aliphatic heterocycles. The zero-order valence-corrected chi connectivity index (χ0v) is 6.10. The number of aliphatic hydroxyl groups excluding tert-OH is 2. The molecular weight excluding hydrogens is 136 g/mol. The number of rotatable bonds is 2. The fraction of sp³-hybridized carbons (Fsp3) is 1.00. The first kappa shape index (κ1) is 7.38. The predicted octanol–water partition coefficient (Wildman–Crippen LogP) is 0.0927. The summed E-state index contributed by atoms with van der Waals surface area (Å²) >= 11 is 1.85. The quantitative estimate of drug-likeness (QED) is 0.583. The Balaban J connectivity index is 2.24. The van der Waals surface area contributed by atoms with Crippen molar-refractivity contribution in [2.45, 2.75) is 12.5 Å². The smallest absolute Gasteiger partial charge is 0.0807 e. The van der Waals surface area contributed by atoms with E-state index >= 15 is 0 Å². The fourth-order valence-corrected chi connectivity index (χ4v) is 2.33. The summed E-state index contributed by atoms with van der Waals surface area (Å²) < 4.78 is 0. The van der Waals surface area contributed by atoms with E-state index in [1.54, 1.807) is 0 Å². The summed E-state index contributed by atoms with van der Waals surface area (Å²) in [7, 11) is 0. The van der Waals surface area contributed by atoms with Crippen molar-refractivity contribution in [2.24, 2.45) is 5.92 Å². The van der Waals surface area contributed by atoms with Gasteiger partial charge in [0.05, 0.1) is 12.7 Å². The van der Waals surface area contributed by atoms with E-state index in [1.165, 1.54) is 0 Å². The van der Waals surface area contributed by atoms with Crippen LogP contribution in [-0.4, -0.2) is 34.4 Å². The minimum atomic E-state index is -0.472. The fourth-order valence-electron chi connectivity index (χ4n) is 1.01. The third kappa shape index (κ3) is 1.85. The first-order valence-electron chi connectivity index (χ1n) is 3.21. The molecule has 0 amide bonds. The normalized spacial score (nSPS) is 30.7. The lowest BCUT2D eigenvalue weighted by atomic mass is 10.0. The van der Waals surface area contributed by atoms with Crippen LogP contribution in [0.5, 0.6) is 0 Å². The van der Waals surface area contributed by atoms with E-state index in [0.29, 0.717) is 5.92 Å². The monoisotopic (exact) mass is 148 g/mol. The van der Waals surface area contributed by atoms with Gasteiger partial charge in [-0.2, -0.15) is 11.8 Å². The van der Waals surface area contributed by atoms with Crippen molar-refractivity contribution in [3.63, 3.8) is 0 Å². The van der Waals surface area contributed by atoms with E-state index in [-0.39, 0.29) is 6.61 Å². The van der Waals surface area contributed by atoms with Gasteiger partial charge in [-0.15, -0.1) is 0 Å². The molecule has 0 saturated carbocycles. The minimum absolute atomic E-state index is 0.0781. The first-order valence-corrected chi connectivity index (χ1v) is 4.36. The molecule has 1 rings (SSSR count). The van der Waals surface area contributed by atoms with Crippen LogP contribution in [-0.2, 0) is 0 Å². The molecule has 2 nitrogen and oxygen atoms in total. The second-order valence-electron chi connectivity index (χ2n) is 2.37. The molecule has 0 spiro atoms. The standard InChI is InChI=1S/C6H12O2S/c7-3-6(8)5-1-2-9-4-5/h5-8H,1-4H2. The Kier molecular flexibility index (Phi) is 2.82. The maximum absolute atomic E-state index is 9.09. The van der Waals surface area contributed by atoms with Gasteiger partial charge in [0.15, 0.2) is 0 Å². The molecule has 0 aromatic heterocycles. The summed E-state index contributed by atoms with van der Waals surface area (Å²) in [6, 6.07) is 0. The summed E-state index contributed by atoms with van der Waals surface area (Å²) in [5, 5.41) is 17.6. The van der Waals surface area contributed by atoms with E-state index in [0.717, 1.165) is 17.9 Å². The van der Waals surface area contributed by atoms with E-state index in [9.17, 15) is 0 Å². The van der Waals surface area contributed by atoms with Crippen LogP contribution in [0.4, 0.5) is 0 Å². The maximum atomic E-state index is 9.09. The number of hydrogen-bond acceptors (Lipinski definition) is 3. The molecular formula is C6H12O2S. The van der Waals surface area contributed by atoms with E-state index < -0.39 is 6.10 Å². The zero-order chi connectivity index (χ0) is 6.69. The van der Waals surface area contributed by atoms with E-state index in [2.05, 4.69) is 0 Å². The van der Waals surface area contributed by atoms with Crippen molar-refractivity contribution >= 4 is 11.8 Å². The molecule has 0 bridgehead atoms. The molecule has 3 heteroatoms. The SMILES string of the molecule is OCC(O)C1CCSC1. The van der Waals surface area contributed by atoms with Gasteiger partial charge in [-0.25, -0.2) is 0 Å². The summed E-state index contributed by atoms with van der Waals surface area (Å²) in [6.45, 7) is -0.0781. The molecule has 54 valence electrons. The van der Waals surface area contributed by atoms with Crippen molar-refractivity contribution in [3.8, 4) is 0 Å². The molecule has 0 radical (unpaired) electrons. The Bertz CT molecular complexity index is 81.1. The lowest BCUT2D eigenvalue weighted by Crippen LogP contribution is -2.23. The van der Waals surface area contributed by atoms with Crippen molar-refractivity contribution in [3.05, 3.63) is 0 Å². The molecule has 0 aromatic rings. The largest absolute Gasteiger partial charge is 0.394 e. The Morgan fingerprint density at radius 1 is 1.67 bits per heavy atom. The molecule has 1 saturated heterocycles. The minimum Gasteiger partial charge on any atom is -0.394 e. The highest BCUT2D eigenvalue weighted by Gasteiger charge is 2.22. The summed E-state index contributed by atoms with van der Waals surface area (Å²) in [5.41, 5.74) is 0. The van der Waals surface area contributed by atoms with Gasteiger partial charge in [-0.3, -0.25) is 0 Å². The van der Waals surface area contributed by atoms with Crippen LogP contribution < -0.4 is 0 Å². The summed E-state index contributed by atoms with van der Waals surface area (Å²) in [4.78, 5) is 0. The molecule has 2 unspecified atom stereocenters. The molecule has 0 aromatic carbocycles. The third-order valence-electron chi connectivity index (χ3n) is 1.70. The topological polar surface area (TPSA) is 40.5 Å². The predicted molar refractivity (Wildman–Crippen MR) is 38.5 cm³/mol. The highest BCUT2D eigenvalue weighted by Crippen LogP contribution is 2.25. The average molecular weight is 148 g/mol. The highest BCUT2D eigenvalue weighted by molar-refractivity contribution is 7.99. The zero-order valence-electron chi connectivity index (χ0n) is 5.29. The number of aliphatic hydroxyl groups is 2. The van der Waals surface area contributed by atoms with Gasteiger partial charge in [0.1, 0.15) is 0 Å². The number of thioether (sulfide) groups is 1. The van der Waals surface area contributed by atoms with Crippen LogP contribution >= 0.6 is 11.8 Å². The molecule has 1 aliphatic rings. The second-order valence-corrected chi connectivity index (χ2v) is 3.52. The van der Waals surface area contributed by atoms with Crippen molar-refractivity contribution in [1.29, 1.82) is 0 Å². The van der Waals surface area contributed by atoms with Gasteiger partial charge < -0.3 is 10.2 Å². The Morgan fingerprint density at radius 3 is 2.89 bits per heavy atom. The molecule has 2 N–H and O–H groups in total. The Labute approximate surface area is 59.3 Å². The van der Waals surface area contributed by atoms with Gasteiger partial charge in [0.2, 0.25) is 0 Å². The van der Waals surface area contributed by atoms with Crippen molar-refractivity contribution < 1.29 is 10.2 Å². The van der Waals surface area contributed by atoms with Gasteiger partial charge in [-0.05, 0) is 23.8 Å². The second kappa shape index (κ2) is 3.44. The molecule has 2 atom stereocenters. The van der Waals surface area contributed by atoms with Crippen LogP contribution in [0.25, 0.3) is 0 Å². The van der Waals surface area contributed by atoms with Crippen LogP contribution in [0, 0.1) is 5.92 Å². The van der Waals surface area contributed by atoms with Crippen LogP contribution in [0.2, 0.25) is 0 Å². The summed E-state index contributed by atoms with van der Waals surface area (Å²) in [5.74, 6) is 2.50. The third-order valence-corrected chi connectivity index (χ3v) is 2.88. The lowest BCUT2D eigenvalue weighted by Gasteiger charge is -2.12. The molecule has 0 aliphatic carbocycles. The van der Waals surface area contributed by atoms with Gasteiger partial charge in [0, 0.05) is 0 Å². The first-order chi connectivity index (χ1) is 4.34. The van der Waals surface area contributed by atoms with Gasteiger partial charge in [-0.1, -0.05) is 0 Å². The van der Waals surface area contributed by atoms with Crippen LogP contribution in [0.1, 0.15) is 6.42 Å². The van der Waals surface area contributed by atoms with Gasteiger partial charge in [0.25, 0.3) is 0 Å². The summed E-state index contributed by atoms with van der Waals surface area (Å²) in [6.07, 6.45) is 0.590. The van der Waals surface area contributed by atoms with Gasteiger partial charge >= 0.3 is 0 Å². The van der Waals surface area contributed by atoms with Crippen molar-refractivity contribution in [2.75, 3.05) is 18.1 Å².